The molecule has 0 aliphatic heterocycles. The predicted octanol–water partition coefficient (Wildman–Crippen LogP) is 2.99. The second kappa shape index (κ2) is 3.48. The molecule has 0 radical (unpaired) electrons. The lowest BCUT2D eigenvalue weighted by atomic mass is 10.1. The molecule has 0 N–H and O–H groups in total. The van der Waals surface area contributed by atoms with Crippen molar-refractivity contribution in [3.8, 4) is 0 Å². The van der Waals surface area contributed by atoms with Gasteiger partial charge in [0, 0.05) is 6.54 Å². The average Bonchev–Trinajstić information content (AvgIpc) is 2.30. The van der Waals surface area contributed by atoms with E-state index < -0.39 is 0 Å². The minimum Gasteiger partial charge on any atom is -0.268 e. The molecule has 0 amide bonds. The van der Waals surface area contributed by atoms with Crippen LogP contribution in [0.4, 0.5) is 0 Å². The highest BCUT2D eigenvalue weighted by Gasteiger charge is 2.13. The quantitative estimate of drug-likeness (QED) is 0.695. The summed E-state index contributed by atoms with van der Waals surface area (Å²) in [5, 5.41) is 5.24. The number of nitrogens with zero attached hydrogens (tertiary/aromatic N) is 2. The summed E-state index contributed by atoms with van der Waals surface area (Å²) in [6.07, 6.45) is 0. The Morgan fingerprint density at radius 2 is 2.08 bits per heavy atom. The molecule has 1 aromatic heterocycles. The normalized spacial score (nSPS) is 11.2. The average molecular weight is 187 g/mol. The van der Waals surface area contributed by atoms with Crippen molar-refractivity contribution in [3.05, 3.63) is 16.4 Å². The number of hydrogen-bond acceptors (Lipinski definition) is 1. The lowest BCUT2D eigenvalue weighted by Gasteiger charge is -1.98. The van der Waals surface area contributed by atoms with Crippen LogP contribution in [0.2, 0.25) is 5.02 Å². The summed E-state index contributed by atoms with van der Waals surface area (Å²) in [6.45, 7) is 9.17. The van der Waals surface area contributed by atoms with E-state index in [1.807, 2.05) is 11.6 Å². The second-order valence-electron chi connectivity index (χ2n) is 3.26. The minimum atomic E-state index is 0.406. The first-order valence-corrected chi connectivity index (χ1v) is 4.68. The molecule has 1 heterocycles. The van der Waals surface area contributed by atoms with Crippen LogP contribution in [-0.4, -0.2) is 9.78 Å². The fourth-order valence-electron chi connectivity index (χ4n) is 1.22. The van der Waals surface area contributed by atoms with Gasteiger partial charge in [-0.3, -0.25) is 4.68 Å². The van der Waals surface area contributed by atoms with Gasteiger partial charge in [0.15, 0.2) is 0 Å². The molecule has 0 aromatic carbocycles. The molecule has 0 saturated heterocycles. The Bertz CT molecular complexity index is 276. The van der Waals surface area contributed by atoms with Crippen molar-refractivity contribution >= 4 is 11.6 Å². The van der Waals surface area contributed by atoms with Crippen LogP contribution in [0.1, 0.15) is 38.1 Å². The molecule has 0 aliphatic carbocycles. The molecule has 3 heteroatoms. The van der Waals surface area contributed by atoms with E-state index in [9.17, 15) is 0 Å². The molecule has 0 atom stereocenters. The number of hydrogen-bond donors (Lipinski definition) is 0. The Balaban J connectivity index is 3.16. The van der Waals surface area contributed by atoms with Crippen molar-refractivity contribution in [3.63, 3.8) is 0 Å². The van der Waals surface area contributed by atoms with Crippen LogP contribution in [0.3, 0.4) is 0 Å². The Kier molecular flexibility index (Phi) is 2.78. The number of aromatic nitrogens is 2. The third kappa shape index (κ3) is 1.48. The zero-order valence-corrected chi connectivity index (χ0v) is 8.81. The second-order valence-corrected chi connectivity index (χ2v) is 3.63. The molecule has 1 rings (SSSR count). The minimum absolute atomic E-state index is 0.406. The third-order valence-electron chi connectivity index (χ3n) is 2.00. The van der Waals surface area contributed by atoms with Gasteiger partial charge >= 0.3 is 0 Å². The highest BCUT2D eigenvalue weighted by atomic mass is 35.5. The molecule has 0 saturated carbocycles. The van der Waals surface area contributed by atoms with Crippen molar-refractivity contribution in [1.29, 1.82) is 0 Å². The first kappa shape index (κ1) is 9.59. The number of aryl methyl sites for hydroxylation is 1. The van der Waals surface area contributed by atoms with Gasteiger partial charge in [0.1, 0.15) is 0 Å². The molecular weight excluding hydrogens is 172 g/mol. The maximum Gasteiger partial charge on any atom is 0.0849 e. The van der Waals surface area contributed by atoms with Gasteiger partial charge in [0.2, 0.25) is 0 Å². The van der Waals surface area contributed by atoms with E-state index in [1.165, 1.54) is 0 Å². The van der Waals surface area contributed by atoms with Crippen LogP contribution in [0.5, 0.6) is 0 Å². The van der Waals surface area contributed by atoms with Crippen LogP contribution in [0.15, 0.2) is 0 Å². The van der Waals surface area contributed by atoms with Crippen molar-refractivity contribution in [1.82, 2.24) is 9.78 Å². The monoisotopic (exact) mass is 186 g/mol. The SMILES string of the molecule is CCn1nc(C(C)C)c(Cl)c1C. The largest absolute Gasteiger partial charge is 0.268 e. The maximum atomic E-state index is 6.10. The van der Waals surface area contributed by atoms with Gasteiger partial charge in [-0.05, 0) is 19.8 Å². The Hall–Kier alpha value is -0.500. The Labute approximate surface area is 78.5 Å². The summed E-state index contributed by atoms with van der Waals surface area (Å²) < 4.78 is 1.94. The zero-order valence-electron chi connectivity index (χ0n) is 8.06. The lowest BCUT2D eigenvalue weighted by Crippen LogP contribution is -1.99. The van der Waals surface area contributed by atoms with Crippen molar-refractivity contribution in [2.24, 2.45) is 0 Å². The summed E-state index contributed by atoms with van der Waals surface area (Å²) in [7, 11) is 0. The Morgan fingerprint density at radius 3 is 2.33 bits per heavy atom. The summed E-state index contributed by atoms with van der Waals surface area (Å²) in [5.41, 5.74) is 2.08. The Morgan fingerprint density at radius 1 is 1.50 bits per heavy atom. The zero-order chi connectivity index (χ0) is 9.30. The van der Waals surface area contributed by atoms with E-state index in [-0.39, 0.29) is 0 Å². The van der Waals surface area contributed by atoms with Gasteiger partial charge in [0.25, 0.3) is 0 Å². The summed E-state index contributed by atoms with van der Waals surface area (Å²) in [6, 6.07) is 0. The molecule has 0 fully saturated rings. The van der Waals surface area contributed by atoms with Crippen molar-refractivity contribution < 1.29 is 0 Å². The van der Waals surface area contributed by atoms with Crippen molar-refractivity contribution in [2.75, 3.05) is 0 Å². The third-order valence-corrected chi connectivity index (χ3v) is 2.47. The van der Waals surface area contributed by atoms with Crippen LogP contribution < -0.4 is 0 Å². The molecule has 0 bridgehead atoms. The highest BCUT2D eigenvalue weighted by Crippen LogP contribution is 2.25. The standard InChI is InChI=1S/C9H15ClN2/c1-5-12-7(4)8(10)9(11-12)6(2)3/h6H,5H2,1-4H3. The molecular formula is C9H15ClN2. The molecule has 2 nitrogen and oxygen atoms in total. The summed E-state index contributed by atoms with van der Waals surface area (Å²) >= 11 is 6.10. The van der Waals surface area contributed by atoms with Gasteiger partial charge in [-0.1, -0.05) is 25.4 Å². The predicted molar refractivity (Wildman–Crippen MR) is 51.7 cm³/mol. The van der Waals surface area contributed by atoms with Gasteiger partial charge in [-0.25, -0.2) is 0 Å². The van der Waals surface area contributed by atoms with Gasteiger partial charge in [0.05, 0.1) is 16.4 Å². The van der Waals surface area contributed by atoms with E-state index in [0.29, 0.717) is 5.92 Å². The molecule has 0 spiro atoms. The molecule has 12 heavy (non-hydrogen) atoms. The van der Waals surface area contributed by atoms with E-state index in [0.717, 1.165) is 23.0 Å². The highest BCUT2D eigenvalue weighted by molar-refractivity contribution is 6.31. The van der Waals surface area contributed by atoms with E-state index in [4.69, 9.17) is 11.6 Å². The molecule has 1 aromatic rings. The lowest BCUT2D eigenvalue weighted by molar-refractivity contribution is 0.620. The fraction of sp³-hybridized carbons (Fsp3) is 0.667. The topological polar surface area (TPSA) is 17.8 Å². The maximum absolute atomic E-state index is 6.10. The number of halogens is 1. The van der Waals surface area contributed by atoms with Gasteiger partial charge in [-0.2, -0.15) is 5.10 Å². The van der Waals surface area contributed by atoms with E-state index >= 15 is 0 Å². The van der Waals surface area contributed by atoms with Crippen LogP contribution in [0.25, 0.3) is 0 Å². The van der Waals surface area contributed by atoms with E-state index in [1.54, 1.807) is 0 Å². The molecule has 0 aliphatic rings. The van der Waals surface area contributed by atoms with Crippen LogP contribution in [0, 0.1) is 6.92 Å². The van der Waals surface area contributed by atoms with Gasteiger partial charge < -0.3 is 0 Å². The first-order chi connectivity index (χ1) is 5.57. The van der Waals surface area contributed by atoms with Crippen LogP contribution in [-0.2, 0) is 6.54 Å². The smallest absolute Gasteiger partial charge is 0.0849 e. The summed E-state index contributed by atoms with van der Waals surface area (Å²) in [4.78, 5) is 0. The molecule has 0 unspecified atom stereocenters. The number of rotatable bonds is 2. The summed E-state index contributed by atoms with van der Waals surface area (Å²) in [5.74, 6) is 0.406. The van der Waals surface area contributed by atoms with Gasteiger partial charge in [-0.15, -0.1) is 0 Å². The fourth-order valence-corrected chi connectivity index (χ4v) is 1.58. The first-order valence-electron chi connectivity index (χ1n) is 4.30. The van der Waals surface area contributed by atoms with Crippen molar-refractivity contribution in [2.45, 2.75) is 40.2 Å². The van der Waals surface area contributed by atoms with E-state index in [2.05, 4.69) is 25.9 Å². The van der Waals surface area contributed by atoms with Crippen LogP contribution >= 0.6 is 11.6 Å². The molecule has 68 valence electrons.